The molecule has 0 aliphatic carbocycles. The topological polar surface area (TPSA) is 99.9 Å². The van der Waals surface area contributed by atoms with Gasteiger partial charge in [-0.2, -0.15) is 5.10 Å². The molecule has 2 aliphatic heterocycles. The number of anilines is 1. The fraction of sp³-hybridized carbons (Fsp3) is 0.235. The number of nitrogens with zero attached hydrogens (tertiary/aromatic N) is 3. The average molecular weight is 322 g/mol. The lowest BCUT2D eigenvalue weighted by Crippen LogP contribution is -2.40. The first-order chi connectivity index (χ1) is 11.7. The number of urea groups is 1. The lowest BCUT2D eigenvalue weighted by Gasteiger charge is -2.27. The number of hydrogen-bond donors (Lipinski definition) is 3. The molecule has 0 bridgehead atoms. The summed E-state index contributed by atoms with van der Waals surface area (Å²) in [5, 5.41) is 10.1. The summed E-state index contributed by atoms with van der Waals surface area (Å²) < 4.78 is 0. The molecule has 0 aromatic carbocycles. The Morgan fingerprint density at radius 1 is 1.29 bits per heavy atom. The van der Waals surface area contributed by atoms with Gasteiger partial charge in [-0.15, -0.1) is 0 Å². The van der Waals surface area contributed by atoms with Crippen molar-refractivity contribution in [1.82, 2.24) is 20.5 Å². The van der Waals surface area contributed by atoms with Crippen molar-refractivity contribution in [3.63, 3.8) is 0 Å². The van der Waals surface area contributed by atoms with Crippen LogP contribution in [-0.4, -0.2) is 34.3 Å². The smallest absolute Gasteiger partial charge is 0.320 e. The van der Waals surface area contributed by atoms with Crippen LogP contribution in [0.25, 0.3) is 11.1 Å². The number of allylic oxidation sites excluding steroid dienone is 2. The first-order valence-electron chi connectivity index (χ1n) is 7.92. The number of nitrogens with two attached hydrogens (primary N) is 1. The summed E-state index contributed by atoms with van der Waals surface area (Å²) in [6.45, 7) is 1.39. The number of hydrogen-bond acceptors (Lipinski definition) is 4. The van der Waals surface area contributed by atoms with E-state index < -0.39 is 6.03 Å². The number of fused-ring (bicyclic) bond motifs is 1. The number of carbonyl (C=O) groups is 1. The van der Waals surface area contributed by atoms with Crippen molar-refractivity contribution < 1.29 is 4.79 Å². The predicted molar refractivity (Wildman–Crippen MR) is 92.0 cm³/mol. The lowest BCUT2D eigenvalue weighted by molar-refractivity contribution is 0.253. The molecular weight excluding hydrogens is 304 g/mol. The SMILES string of the molecule is NC(=O)N1CCCc2cc(C3=CNCC(c4cn[nH]c4)=C3)cnc21. The molecule has 0 saturated heterocycles. The number of carbonyl (C=O) groups excluding carboxylic acids is 1. The van der Waals surface area contributed by atoms with Gasteiger partial charge in [0.15, 0.2) is 0 Å². The summed E-state index contributed by atoms with van der Waals surface area (Å²) in [7, 11) is 0. The summed E-state index contributed by atoms with van der Waals surface area (Å²) in [6.07, 6.45) is 11.4. The molecule has 0 saturated carbocycles. The third-order valence-corrected chi connectivity index (χ3v) is 4.37. The molecule has 2 aromatic heterocycles. The van der Waals surface area contributed by atoms with Crippen LogP contribution >= 0.6 is 0 Å². The number of aryl methyl sites for hydroxylation is 1. The standard InChI is InChI=1S/C17H18N6O/c18-17(24)23-3-1-2-11-4-14(8-20-16(11)23)12-5-13(7-19-6-12)15-9-21-22-10-15/h4-6,8-10,19H,1-3,7H2,(H2,18,24)(H,21,22). The fourth-order valence-corrected chi connectivity index (χ4v) is 3.17. The zero-order valence-electron chi connectivity index (χ0n) is 13.1. The largest absolute Gasteiger partial charge is 0.386 e. The summed E-state index contributed by atoms with van der Waals surface area (Å²) in [6, 6.07) is 1.65. The second kappa shape index (κ2) is 5.84. The number of rotatable bonds is 2. The van der Waals surface area contributed by atoms with Gasteiger partial charge in [-0.3, -0.25) is 10.00 Å². The van der Waals surface area contributed by atoms with Gasteiger partial charge in [-0.1, -0.05) is 0 Å². The number of pyridine rings is 1. The van der Waals surface area contributed by atoms with Gasteiger partial charge in [0.2, 0.25) is 0 Å². The van der Waals surface area contributed by atoms with Crippen LogP contribution in [0.2, 0.25) is 0 Å². The van der Waals surface area contributed by atoms with Crippen LogP contribution in [0, 0.1) is 0 Å². The van der Waals surface area contributed by atoms with Gasteiger partial charge in [0.1, 0.15) is 5.82 Å². The Morgan fingerprint density at radius 2 is 2.21 bits per heavy atom. The van der Waals surface area contributed by atoms with Crippen molar-refractivity contribution in [2.45, 2.75) is 12.8 Å². The Bertz CT molecular complexity index is 837. The lowest BCUT2D eigenvalue weighted by atomic mass is 9.97. The first-order valence-corrected chi connectivity index (χ1v) is 7.92. The Labute approximate surface area is 139 Å². The molecule has 122 valence electrons. The van der Waals surface area contributed by atoms with Crippen molar-refractivity contribution in [3.8, 4) is 0 Å². The average Bonchev–Trinajstić information content (AvgIpc) is 3.15. The van der Waals surface area contributed by atoms with Gasteiger partial charge >= 0.3 is 6.03 Å². The fourth-order valence-electron chi connectivity index (χ4n) is 3.17. The number of amides is 2. The highest BCUT2D eigenvalue weighted by Crippen LogP contribution is 2.30. The molecular formula is C17H18N6O. The summed E-state index contributed by atoms with van der Waals surface area (Å²) in [5.41, 5.74) is 10.8. The molecule has 0 atom stereocenters. The third-order valence-electron chi connectivity index (χ3n) is 4.37. The number of dihydropyridines is 1. The van der Waals surface area contributed by atoms with Gasteiger partial charge in [-0.25, -0.2) is 9.78 Å². The van der Waals surface area contributed by atoms with Crippen molar-refractivity contribution in [1.29, 1.82) is 0 Å². The molecule has 4 N–H and O–H groups in total. The molecule has 0 spiro atoms. The second-order valence-corrected chi connectivity index (χ2v) is 5.94. The van der Waals surface area contributed by atoms with Crippen molar-refractivity contribution >= 4 is 23.0 Å². The van der Waals surface area contributed by atoms with E-state index in [1.54, 1.807) is 11.1 Å². The van der Waals surface area contributed by atoms with E-state index in [4.69, 9.17) is 5.73 Å². The first kappa shape index (κ1) is 14.5. The van der Waals surface area contributed by atoms with Crippen molar-refractivity contribution in [3.05, 3.63) is 53.6 Å². The predicted octanol–water partition coefficient (Wildman–Crippen LogP) is 1.66. The number of H-pyrrole nitrogens is 1. The molecule has 2 amide bonds. The highest BCUT2D eigenvalue weighted by Gasteiger charge is 2.22. The Kier molecular flexibility index (Phi) is 3.53. The van der Waals surface area contributed by atoms with Crippen molar-refractivity contribution in [2.24, 2.45) is 5.73 Å². The van der Waals surface area contributed by atoms with Gasteiger partial charge in [-0.05, 0) is 41.7 Å². The van der Waals surface area contributed by atoms with E-state index >= 15 is 0 Å². The molecule has 2 aliphatic rings. The van der Waals surface area contributed by atoms with Crippen molar-refractivity contribution in [2.75, 3.05) is 18.0 Å². The summed E-state index contributed by atoms with van der Waals surface area (Å²) in [4.78, 5) is 17.6. The van der Waals surface area contributed by atoms with Crippen LogP contribution in [0.1, 0.15) is 23.1 Å². The zero-order chi connectivity index (χ0) is 16.5. The van der Waals surface area contributed by atoms with Gasteiger partial charge < -0.3 is 11.1 Å². The molecule has 4 rings (SSSR count). The molecule has 4 heterocycles. The molecule has 7 nitrogen and oxygen atoms in total. The minimum atomic E-state index is -0.447. The Hall–Kier alpha value is -3.09. The molecule has 0 radical (unpaired) electrons. The minimum absolute atomic E-state index is 0.447. The maximum absolute atomic E-state index is 11.5. The van der Waals surface area contributed by atoms with Gasteiger partial charge in [0.25, 0.3) is 0 Å². The monoisotopic (exact) mass is 322 g/mol. The maximum Gasteiger partial charge on any atom is 0.320 e. The third kappa shape index (κ3) is 2.54. The maximum atomic E-state index is 11.5. The summed E-state index contributed by atoms with van der Waals surface area (Å²) >= 11 is 0. The van der Waals surface area contributed by atoms with E-state index in [0.717, 1.165) is 47.2 Å². The Morgan fingerprint density at radius 3 is 3.00 bits per heavy atom. The highest BCUT2D eigenvalue weighted by molar-refractivity contribution is 5.91. The molecule has 0 fully saturated rings. The molecule has 7 heteroatoms. The Balaban J connectivity index is 1.68. The second-order valence-electron chi connectivity index (χ2n) is 5.94. The number of primary amides is 1. The van der Waals surface area contributed by atoms with Crippen LogP contribution in [0.4, 0.5) is 10.6 Å². The van der Waals surface area contributed by atoms with E-state index in [2.05, 4.69) is 32.6 Å². The minimum Gasteiger partial charge on any atom is -0.386 e. The number of aromatic amines is 1. The molecule has 2 aromatic rings. The highest BCUT2D eigenvalue weighted by atomic mass is 16.2. The van der Waals surface area contributed by atoms with E-state index in [0.29, 0.717) is 12.4 Å². The van der Waals surface area contributed by atoms with Crippen LogP contribution in [0.5, 0.6) is 0 Å². The van der Waals surface area contributed by atoms with E-state index in [-0.39, 0.29) is 0 Å². The normalized spacial score (nSPS) is 16.8. The number of nitrogens with one attached hydrogen (secondary N) is 2. The van der Waals surface area contributed by atoms with Gasteiger partial charge in [0.05, 0.1) is 6.20 Å². The summed E-state index contributed by atoms with van der Waals surface area (Å²) in [5.74, 6) is 0.681. The van der Waals surface area contributed by atoms with Gasteiger partial charge in [0, 0.05) is 42.8 Å². The molecule has 24 heavy (non-hydrogen) atoms. The van der Waals surface area contributed by atoms with Crippen LogP contribution in [-0.2, 0) is 6.42 Å². The van der Waals surface area contributed by atoms with Crippen LogP contribution in [0.3, 0.4) is 0 Å². The van der Waals surface area contributed by atoms with E-state index in [9.17, 15) is 4.79 Å². The quantitative estimate of drug-likeness (QED) is 0.783. The van der Waals surface area contributed by atoms with Crippen LogP contribution in [0.15, 0.2) is 36.9 Å². The van der Waals surface area contributed by atoms with E-state index in [1.807, 2.05) is 18.6 Å². The zero-order valence-corrected chi connectivity index (χ0v) is 13.1. The van der Waals surface area contributed by atoms with Crippen LogP contribution < -0.4 is 16.0 Å². The number of aromatic nitrogens is 3. The van der Waals surface area contributed by atoms with E-state index in [1.165, 1.54) is 0 Å². The molecule has 0 unspecified atom stereocenters.